The lowest BCUT2D eigenvalue weighted by Crippen LogP contribution is -2.16. The molecule has 0 radical (unpaired) electrons. The molecule has 0 amide bonds. The molecule has 0 aliphatic carbocycles. The second kappa shape index (κ2) is 6.61. The van der Waals surface area contributed by atoms with Crippen molar-refractivity contribution in [2.24, 2.45) is 0 Å². The largest absolute Gasteiger partial charge is 0.462 e. The first-order chi connectivity index (χ1) is 10.4. The fourth-order valence-corrected chi connectivity index (χ4v) is 2.52. The second-order valence-electron chi connectivity index (χ2n) is 5.12. The van der Waals surface area contributed by atoms with E-state index in [1.165, 1.54) is 10.9 Å². The van der Waals surface area contributed by atoms with Crippen LogP contribution in [0.2, 0.25) is 0 Å². The average molecular weight is 284 g/mol. The van der Waals surface area contributed by atoms with Gasteiger partial charge in [0, 0.05) is 18.3 Å². The molecule has 0 spiro atoms. The van der Waals surface area contributed by atoms with Crippen molar-refractivity contribution in [2.45, 2.75) is 26.1 Å². The summed E-state index contributed by atoms with van der Waals surface area (Å²) in [4.78, 5) is 0. The summed E-state index contributed by atoms with van der Waals surface area (Å²) >= 11 is 0. The first kappa shape index (κ1) is 13.9. The van der Waals surface area contributed by atoms with Crippen molar-refractivity contribution in [3.63, 3.8) is 0 Å². The Balaban J connectivity index is 1.44. The van der Waals surface area contributed by atoms with Crippen LogP contribution in [0.3, 0.4) is 0 Å². The van der Waals surface area contributed by atoms with Crippen LogP contribution in [-0.2, 0) is 19.7 Å². The summed E-state index contributed by atoms with van der Waals surface area (Å²) in [6.07, 6.45) is 3.21. The summed E-state index contributed by atoms with van der Waals surface area (Å²) in [7, 11) is 0. The van der Waals surface area contributed by atoms with Crippen molar-refractivity contribution in [1.29, 1.82) is 0 Å². The highest BCUT2D eigenvalue weighted by molar-refractivity contribution is 5.79. The molecule has 2 N–H and O–H groups in total. The van der Waals surface area contributed by atoms with Crippen molar-refractivity contribution in [2.75, 3.05) is 6.54 Å². The predicted molar refractivity (Wildman–Crippen MR) is 82.9 cm³/mol. The Bertz CT molecular complexity index is 699. The summed E-state index contributed by atoms with van der Waals surface area (Å²) in [5.74, 6) is 1.48. The van der Waals surface area contributed by atoms with Crippen LogP contribution >= 0.6 is 0 Å². The monoisotopic (exact) mass is 284 g/mol. The highest BCUT2D eigenvalue weighted by atomic mass is 16.4. The molecule has 0 aliphatic rings. The first-order valence-corrected chi connectivity index (χ1v) is 7.30. The molecule has 21 heavy (non-hydrogen) atoms. The lowest BCUT2D eigenvalue weighted by Gasteiger charge is -2.06. The smallest absolute Gasteiger partial charge is 0.129 e. The minimum absolute atomic E-state index is 0.0410. The van der Waals surface area contributed by atoms with Crippen LogP contribution < -0.4 is 5.32 Å². The van der Waals surface area contributed by atoms with E-state index in [0.29, 0.717) is 12.3 Å². The normalized spacial score (nSPS) is 11.3. The topological polar surface area (TPSA) is 50.3 Å². The van der Waals surface area contributed by atoms with E-state index < -0.39 is 0 Å². The Morgan fingerprint density at radius 3 is 2.76 bits per heavy atom. The molecule has 0 unspecified atom stereocenters. The number of aliphatic hydroxyl groups excluding tert-OH is 1. The summed E-state index contributed by atoms with van der Waals surface area (Å²) in [5, 5.41) is 13.6. The van der Waals surface area contributed by atoms with Gasteiger partial charge in [-0.1, -0.05) is 18.2 Å². The van der Waals surface area contributed by atoms with E-state index in [9.17, 15) is 0 Å². The maximum Gasteiger partial charge on any atom is 0.129 e. The van der Waals surface area contributed by atoms with Gasteiger partial charge in [0.15, 0.2) is 0 Å². The average Bonchev–Trinajstić information content (AvgIpc) is 3.14. The number of hydrogen-bond acceptors (Lipinski definition) is 3. The van der Waals surface area contributed by atoms with Gasteiger partial charge in [0.2, 0.25) is 0 Å². The Morgan fingerprint density at radius 1 is 1.05 bits per heavy atom. The highest BCUT2D eigenvalue weighted by Crippen LogP contribution is 2.15. The van der Waals surface area contributed by atoms with Crippen LogP contribution in [0.5, 0.6) is 0 Å². The number of rotatable bonds is 7. The second-order valence-corrected chi connectivity index (χ2v) is 5.12. The van der Waals surface area contributed by atoms with Gasteiger partial charge < -0.3 is 19.4 Å². The van der Waals surface area contributed by atoms with Crippen LogP contribution in [0, 0.1) is 0 Å². The van der Waals surface area contributed by atoms with Gasteiger partial charge in [-0.3, -0.25) is 0 Å². The fraction of sp³-hybridized carbons (Fsp3) is 0.294. The molecule has 0 saturated heterocycles. The number of aliphatic hydroxyl groups is 1. The number of aryl methyl sites for hydroxylation is 1. The number of hydrogen-bond donors (Lipinski definition) is 2. The van der Waals surface area contributed by atoms with Crippen molar-refractivity contribution in [3.8, 4) is 0 Å². The van der Waals surface area contributed by atoms with Crippen molar-refractivity contribution in [1.82, 2.24) is 9.88 Å². The number of nitrogens with one attached hydrogen (secondary N) is 1. The minimum atomic E-state index is -0.0410. The molecule has 3 rings (SSSR count). The lowest BCUT2D eigenvalue weighted by molar-refractivity contribution is 0.242. The van der Waals surface area contributed by atoms with E-state index in [4.69, 9.17) is 9.52 Å². The molecule has 0 saturated carbocycles. The first-order valence-electron chi connectivity index (χ1n) is 7.30. The molecule has 1 aromatic carbocycles. The molecule has 0 fully saturated rings. The molecular formula is C17H20N2O2. The SMILES string of the molecule is OCc1ccc(CNCCCn2ccc3ccccc32)o1. The molecule has 4 heteroatoms. The van der Waals surface area contributed by atoms with Gasteiger partial charge in [-0.15, -0.1) is 0 Å². The van der Waals surface area contributed by atoms with Crippen LogP contribution in [0.1, 0.15) is 17.9 Å². The van der Waals surface area contributed by atoms with E-state index >= 15 is 0 Å². The molecular weight excluding hydrogens is 264 g/mol. The van der Waals surface area contributed by atoms with E-state index in [-0.39, 0.29) is 6.61 Å². The molecule has 2 aromatic heterocycles. The molecule has 0 atom stereocenters. The number of aromatic nitrogens is 1. The van der Waals surface area contributed by atoms with Gasteiger partial charge in [0.05, 0.1) is 6.54 Å². The molecule has 4 nitrogen and oxygen atoms in total. The van der Waals surface area contributed by atoms with E-state index in [1.54, 1.807) is 0 Å². The van der Waals surface area contributed by atoms with Gasteiger partial charge in [-0.2, -0.15) is 0 Å². The summed E-state index contributed by atoms with van der Waals surface area (Å²) in [6.45, 7) is 2.59. The minimum Gasteiger partial charge on any atom is -0.462 e. The van der Waals surface area contributed by atoms with E-state index in [2.05, 4.69) is 46.4 Å². The highest BCUT2D eigenvalue weighted by Gasteiger charge is 2.01. The van der Waals surface area contributed by atoms with Gasteiger partial charge in [-0.05, 0) is 42.6 Å². The predicted octanol–water partition coefficient (Wildman–Crippen LogP) is 2.91. The summed E-state index contributed by atoms with van der Waals surface area (Å²) < 4.78 is 7.71. The molecule has 110 valence electrons. The number of fused-ring (bicyclic) bond motifs is 1. The van der Waals surface area contributed by atoms with Crippen LogP contribution in [0.4, 0.5) is 0 Å². The number of furan rings is 1. The Kier molecular flexibility index (Phi) is 4.38. The summed E-state index contributed by atoms with van der Waals surface area (Å²) in [5.41, 5.74) is 1.29. The number of benzene rings is 1. The zero-order chi connectivity index (χ0) is 14.5. The van der Waals surface area contributed by atoms with Crippen LogP contribution in [0.25, 0.3) is 10.9 Å². The third-order valence-corrected chi connectivity index (χ3v) is 3.61. The molecule has 2 heterocycles. The Hall–Kier alpha value is -2.04. The van der Waals surface area contributed by atoms with Gasteiger partial charge in [-0.25, -0.2) is 0 Å². The maximum atomic E-state index is 8.94. The summed E-state index contributed by atoms with van der Waals surface area (Å²) in [6, 6.07) is 14.3. The van der Waals surface area contributed by atoms with Crippen molar-refractivity contribution in [3.05, 3.63) is 60.2 Å². The third kappa shape index (κ3) is 3.35. The number of para-hydroxylation sites is 1. The fourth-order valence-electron chi connectivity index (χ4n) is 2.52. The van der Waals surface area contributed by atoms with Gasteiger partial charge in [0.25, 0.3) is 0 Å². The van der Waals surface area contributed by atoms with Crippen molar-refractivity contribution >= 4 is 10.9 Å². The molecule has 0 bridgehead atoms. The Labute approximate surface area is 124 Å². The van der Waals surface area contributed by atoms with E-state index in [0.717, 1.165) is 25.3 Å². The van der Waals surface area contributed by atoms with Crippen molar-refractivity contribution < 1.29 is 9.52 Å². The van der Waals surface area contributed by atoms with E-state index in [1.807, 2.05) is 12.1 Å². The zero-order valence-electron chi connectivity index (χ0n) is 12.0. The lowest BCUT2D eigenvalue weighted by atomic mass is 10.2. The molecule has 0 aliphatic heterocycles. The number of nitrogens with zero attached hydrogens (tertiary/aromatic N) is 1. The maximum absolute atomic E-state index is 8.94. The van der Waals surface area contributed by atoms with Crippen LogP contribution in [-0.4, -0.2) is 16.2 Å². The zero-order valence-corrected chi connectivity index (χ0v) is 12.0. The third-order valence-electron chi connectivity index (χ3n) is 3.61. The van der Waals surface area contributed by atoms with Gasteiger partial charge in [0.1, 0.15) is 18.1 Å². The Morgan fingerprint density at radius 2 is 1.90 bits per heavy atom. The standard InChI is InChI=1S/C17H20N2O2/c20-13-16-7-6-15(21-16)12-18-9-3-10-19-11-8-14-4-1-2-5-17(14)19/h1-2,4-8,11,18,20H,3,9-10,12-13H2. The quantitative estimate of drug-likeness (QED) is 0.656. The van der Waals surface area contributed by atoms with Gasteiger partial charge >= 0.3 is 0 Å². The van der Waals surface area contributed by atoms with Crippen LogP contribution in [0.15, 0.2) is 53.1 Å². The molecule has 3 aromatic rings.